The second-order valence-corrected chi connectivity index (χ2v) is 7.28. The van der Waals surface area contributed by atoms with Gasteiger partial charge in [-0.15, -0.1) is 0 Å². The highest BCUT2D eigenvalue weighted by Gasteiger charge is 1.91. The van der Waals surface area contributed by atoms with E-state index in [1.54, 1.807) is 13.0 Å². The third-order valence-corrected chi connectivity index (χ3v) is 3.93. The molecule has 0 rings (SSSR count). The number of rotatable bonds is 11. The molecule has 0 aromatic carbocycles. The molecule has 0 heterocycles. The van der Waals surface area contributed by atoms with E-state index in [2.05, 4.69) is 58.1 Å². The Balaban J connectivity index is 4.39. The van der Waals surface area contributed by atoms with Gasteiger partial charge in [0.15, 0.2) is 0 Å². The van der Waals surface area contributed by atoms with Gasteiger partial charge in [0.05, 0.1) is 0 Å². The molecule has 2 nitrogen and oxygen atoms in total. The molecule has 0 saturated heterocycles. The molecule has 0 aliphatic heterocycles. The average Bonchev–Trinajstić information content (AvgIpc) is 2.53. The molecule has 27 heavy (non-hydrogen) atoms. The maximum atomic E-state index is 10.5. The number of hydrogen-bond donors (Lipinski definition) is 1. The minimum absolute atomic E-state index is 0.718. The number of carboxylic acids is 1. The molecular weight excluding hydrogens is 332 g/mol. The molecule has 0 atom stereocenters. The molecule has 0 spiro atoms. The summed E-state index contributed by atoms with van der Waals surface area (Å²) in [6.07, 6.45) is 22.2. The zero-order valence-corrected chi connectivity index (χ0v) is 17.9. The molecule has 0 radical (unpaired) electrons. The summed E-state index contributed by atoms with van der Waals surface area (Å²) in [6.45, 7) is 12.5. The fraction of sp³-hybridized carbons (Fsp3) is 0.400. The standard InChI is InChI=1S/C25H36O2/c1-20(2)11-7-12-21(3)13-8-14-22(4)15-9-16-23(5)17-10-18-24(6)19-25(26)27/h9-11,13,15-19H,7-8,12,14H2,1-6H3,(H,26,27)/b16-9+,18-10+,21-13+,22-15+,23-17+,24-19+. The van der Waals surface area contributed by atoms with Crippen LogP contribution in [0.2, 0.25) is 0 Å². The SMILES string of the molecule is CC(C)=CCC/C(C)=C/CC/C(C)=C/C=C/C(C)=C/C=C/C(C)=C/C(=O)O. The zero-order valence-electron chi connectivity index (χ0n) is 17.9. The molecule has 0 aromatic rings. The summed E-state index contributed by atoms with van der Waals surface area (Å²) in [4.78, 5) is 10.5. The highest BCUT2D eigenvalue weighted by atomic mass is 16.4. The lowest BCUT2D eigenvalue weighted by Gasteiger charge is -2.00. The van der Waals surface area contributed by atoms with E-state index in [4.69, 9.17) is 5.11 Å². The van der Waals surface area contributed by atoms with E-state index in [9.17, 15) is 4.79 Å². The van der Waals surface area contributed by atoms with Crippen LogP contribution in [0.1, 0.15) is 67.2 Å². The van der Waals surface area contributed by atoms with Crippen LogP contribution in [0.3, 0.4) is 0 Å². The predicted octanol–water partition coefficient (Wildman–Crippen LogP) is 7.50. The smallest absolute Gasteiger partial charge is 0.328 e. The van der Waals surface area contributed by atoms with Crippen LogP contribution >= 0.6 is 0 Å². The van der Waals surface area contributed by atoms with Crippen LogP contribution in [0.15, 0.2) is 82.5 Å². The number of hydrogen-bond acceptors (Lipinski definition) is 1. The summed E-state index contributed by atoms with van der Waals surface area (Å²) in [5.41, 5.74) is 6.06. The van der Waals surface area contributed by atoms with Gasteiger partial charge in [-0.2, -0.15) is 0 Å². The third kappa shape index (κ3) is 16.8. The Labute approximate surface area is 166 Å². The van der Waals surface area contributed by atoms with Gasteiger partial charge in [-0.3, -0.25) is 0 Å². The van der Waals surface area contributed by atoms with Gasteiger partial charge in [0, 0.05) is 6.08 Å². The van der Waals surface area contributed by atoms with Crippen molar-refractivity contribution in [3.63, 3.8) is 0 Å². The number of allylic oxidation sites excluding steroid dienone is 13. The molecule has 0 bridgehead atoms. The van der Waals surface area contributed by atoms with E-state index >= 15 is 0 Å². The fourth-order valence-electron chi connectivity index (χ4n) is 2.33. The minimum atomic E-state index is -0.920. The lowest BCUT2D eigenvalue weighted by atomic mass is 10.1. The fourth-order valence-corrected chi connectivity index (χ4v) is 2.33. The largest absolute Gasteiger partial charge is 0.478 e. The summed E-state index contributed by atoms with van der Waals surface area (Å²) in [7, 11) is 0. The van der Waals surface area contributed by atoms with E-state index in [1.165, 1.54) is 22.8 Å². The Morgan fingerprint density at radius 1 is 0.741 bits per heavy atom. The zero-order chi connectivity index (χ0) is 20.7. The van der Waals surface area contributed by atoms with Crippen molar-refractivity contribution < 1.29 is 9.90 Å². The first kappa shape index (κ1) is 24.7. The summed E-state index contributed by atoms with van der Waals surface area (Å²) in [6, 6.07) is 0. The van der Waals surface area contributed by atoms with Gasteiger partial charge in [-0.25, -0.2) is 4.79 Å². The molecule has 0 aliphatic rings. The van der Waals surface area contributed by atoms with Crippen molar-refractivity contribution in [2.24, 2.45) is 0 Å². The van der Waals surface area contributed by atoms with Crippen molar-refractivity contribution >= 4 is 5.97 Å². The average molecular weight is 369 g/mol. The van der Waals surface area contributed by atoms with Crippen molar-refractivity contribution in [2.75, 3.05) is 0 Å². The van der Waals surface area contributed by atoms with E-state index in [0.717, 1.165) is 36.8 Å². The van der Waals surface area contributed by atoms with E-state index < -0.39 is 5.97 Å². The molecule has 0 aromatic heterocycles. The highest BCUT2D eigenvalue weighted by Crippen LogP contribution is 2.11. The second-order valence-electron chi connectivity index (χ2n) is 7.28. The third-order valence-electron chi connectivity index (χ3n) is 3.93. The van der Waals surface area contributed by atoms with Crippen LogP contribution in [0, 0.1) is 0 Å². The maximum absolute atomic E-state index is 10.5. The van der Waals surface area contributed by atoms with Crippen LogP contribution < -0.4 is 0 Å². The molecule has 0 unspecified atom stereocenters. The monoisotopic (exact) mass is 368 g/mol. The highest BCUT2D eigenvalue weighted by molar-refractivity contribution is 5.81. The van der Waals surface area contributed by atoms with Crippen molar-refractivity contribution in [1.29, 1.82) is 0 Å². The van der Waals surface area contributed by atoms with Crippen molar-refractivity contribution in [3.05, 3.63) is 82.5 Å². The molecule has 148 valence electrons. The Morgan fingerprint density at radius 2 is 1.30 bits per heavy atom. The van der Waals surface area contributed by atoms with Gasteiger partial charge >= 0.3 is 5.97 Å². The van der Waals surface area contributed by atoms with E-state index in [0.29, 0.717) is 0 Å². The number of aliphatic carboxylic acids is 1. The normalized spacial score (nSPS) is 14.3. The number of carboxylic acid groups (broad SMARTS) is 1. The molecule has 2 heteroatoms. The van der Waals surface area contributed by atoms with Gasteiger partial charge in [0.1, 0.15) is 0 Å². The Morgan fingerprint density at radius 3 is 1.93 bits per heavy atom. The van der Waals surface area contributed by atoms with E-state index in [1.807, 2.05) is 19.1 Å². The second kappa shape index (κ2) is 14.8. The van der Waals surface area contributed by atoms with E-state index in [-0.39, 0.29) is 0 Å². The van der Waals surface area contributed by atoms with Crippen LogP contribution in [-0.2, 0) is 4.79 Å². The quantitative estimate of drug-likeness (QED) is 0.233. The van der Waals surface area contributed by atoms with Crippen molar-refractivity contribution in [1.82, 2.24) is 0 Å². The minimum Gasteiger partial charge on any atom is -0.478 e. The summed E-state index contributed by atoms with van der Waals surface area (Å²) < 4.78 is 0. The lowest BCUT2D eigenvalue weighted by molar-refractivity contribution is -0.131. The van der Waals surface area contributed by atoms with Gasteiger partial charge in [-0.05, 0) is 72.8 Å². The maximum Gasteiger partial charge on any atom is 0.328 e. The van der Waals surface area contributed by atoms with Crippen molar-refractivity contribution in [2.45, 2.75) is 67.2 Å². The van der Waals surface area contributed by atoms with Crippen LogP contribution in [0.5, 0.6) is 0 Å². The summed E-state index contributed by atoms with van der Waals surface area (Å²) >= 11 is 0. The van der Waals surface area contributed by atoms with Gasteiger partial charge in [0.25, 0.3) is 0 Å². The van der Waals surface area contributed by atoms with Crippen molar-refractivity contribution in [3.8, 4) is 0 Å². The molecular formula is C25H36O2. The molecule has 0 fully saturated rings. The van der Waals surface area contributed by atoms with Crippen LogP contribution in [0.4, 0.5) is 0 Å². The topological polar surface area (TPSA) is 37.3 Å². The molecule has 0 amide bonds. The van der Waals surface area contributed by atoms with Gasteiger partial charge in [0.2, 0.25) is 0 Å². The Hall–Kier alpha value is -2.35. The Bertz CT molecular complexity index is 673. The first-order valence-electron chi connectivity index (χ1n) is 9.59. The van der Waals surface area contributed by atoms with Crippen LogP contribution in [-0.4, -0.2) is 11.1 Å². The van der Waals surface area contributed by atoms with Gasteiger partial charge < -0.3 is 5.11 Å². The number of carbonyl (C=O) groups is 1. The predicted molar refractivity (Wildman–Crippen MR) is 119 cm³/mol. The molecule has 0 saturated carbocycles. The first-order chi connectivity index (χ1) is 12.7. The molecule has 1 N–H and O–H groups in total. The first-order valence-corrected chi connectivity index (χ1v) is 9.59. The van der Waals surface area contributed by atoms with Gasteiger partial charge in [-0.1, -0.05) is 70.9 Å². The van der Waals surface area contributed by atoms with Crippen LogP contribution in [0.25, 0.3) is 0 Å². The summed E-state index contributed by atoms with van der Waals surface area (Å²) in [5.74, 6) is -0.920. The Kier molecular flexibility index (Phi) is 13.5. The molecule has 0 aliphatic carbocycles. The lowest BCUT2D eigenvalue weighted by Crippen LogP contribution is -1.87. The summed E-state index contributed by atoms with van der Waals surface area (Å²) in [5, 5.41) is 8.66.